The van der Waals surface area contributed by atoms with E-state index in [0.717, 1.165) is 5.52 Å². The molecular formula is C22H28FN3O4. The SMILES string of the molecule is CC(C)CC(NC(=O)c1cc2cc(F)ccc2n1C)C(=O)N1CCC(C(=O)O)CC1. The highest BCUT2D eigenvalue weighted by Gasteiger charge is 2.32. The Bertz CT molecular complexity index is 961. The maximum atomic E-state index is 13.5. The van der Waals surface area contributed by atoms with E-state index in [2.05, 4.69) is 5.32 Å². The number of carbonyl (C=O) groups is 3. The van der Waals surface area contributed by atoms with Crippen LogP contribution < -0.4 is 5.32 Å². The second kappa shape index (κ2) is 8.85. The van der Waals surface area contributed by atoms with E-state index in [4.69, 9.17) is 5.11 Å². The third-order valence-corrected chi connectivity index (χ3v) is 5.70. The lowest BCUT2D eigenvalue weighted by atomic mass is 9.95. The number of piperidine rings is 1. The largest absolute Gasteiger partial charge is 0.481 e. The van der Waals surface area contributed by atoms with Gasteiger partial charge in [-0.1, -0.05) is 13.8 Å². The van der Waals surface area contributed by atoms with Crippen LogP contribution in [0.2, 0.25) is 0 Å². The molecule has 1 aromatic carbocycles. The fraction of sp³-hybridized carbons (Fsp3) is 0.500. The number of hydrogen-bond acceptors (Lipinski definition) is 3. The molecule has 1 fully saturated rings. The van der Waals surface area contributed by atoms with E-state index in [9.17, 15) is 18.8 Å². The number of hydrogen-bond donors (Lipinski definition) is 2. The second-order valence-electron chi connectivity index (χ2n) is 8.39. The normalized spacial score (nSPS) is 16.1. The fourth-order valence-electron chi connectivity index (χ4n) is 4.03. The van der Waals surface area contributed by atoms with Crippen molar-refractivity contribution in [3.63, 3.8) is 0 Å². The van der Waals surface area contributed by atoms with Crippen molar-refractivity contribution in [3.8, 4) is 0 Å². The van der Waals surface area contributed by atoms with E-state index in [1.807, 2.05) is 13.8 Å². The number of carbonyl (C=O) groups excluding carboxylic acids is 2. The van der Waals surface area contributed by atoms with Gasteiger partial charge in [-0.25, -0.2) is 4.39 Å². The van der Waals surface area contributed by atoms with Crippen molar-refractivity contribution < 1.29 is 23.9 Å². The summed E-state index contributed by atoms with van der Waals surface area (Å²) < 4.78 is 15.2. The summed E-state index contributed by atoms with van der Waals surface area (Å²) in [6.07, 6.45) is 1.30. The molecule has 0 radical (unpaired) electrons. The summed E-state index contributed by atoms with van der Waals surface area (Å²) in [5.74, 6) is -2.04. The van der Waals surface area contributed by atoms with Crippen molar-refractivity contribution in [1.29, 1.82) is 0 Å². The Kier molecular flexibility index (Phi) is 6.43. The van der Waals surface area contributed by atoms with Crippen LogP contribution in [0.25, 0.3) is 10.9 Å². The molecule has 1 aliphatic heterocycles. The Morgan fingerprint density at radius 2 is 1.87 bits per heavy atom. The fourth-order valence-corrected chi connectivity index (χ4v) is 4.03. The van der Waals surface area contributed by atoms with E-state index in [1.165, 1.54) is 12.1 Å². The number of aromatic nitrogens is 1. The number of nitrogens with zero attached hydrogens (tertiary/aromatic N) is 2. The quantitative estimate of drug-likeness (QED) is 0.756. The van der Waals surface area contributed by atoms with Gasteiger partial charge < -0.3 is 19.9 Å². The number of carboxylic acids is 1. The van der Waals surface area contributed by atoms with Gasteiger partial charge in [-0.3, -0.25) is 14.4 Å². The molecule has 0 saturated carbocycles. The molecule has 0 bridgehead atoms. The topological polar surface area (TPSA) is 91.6 Å². The summed E-state index contributed by atoms with van der Waals surface area (Å²) >= 11 is 0. The molecule has 1 saturated heterocycles. The summed E-state index contributed by atoms with van der Waals surface area (Å²) in [6.45, 7) is 4.69. The third-order valence-electron chi connectivity index (χ3n) is 5.70. The Labute approximate surface area is 174 Å². The van der Waals surface area contributed by atoms with Crippen molar-refractivity contribution in [2.45, 2.75) is 39.2 Å². The maximum Gasteiger partial charge on any atom is 0.306 e. The Balaban J connectivity index is 1.76. The monoisotopic (exact) mass is 417 g/mol. The lowest BCUT2D eigenvalue weighted by Gasteiger charge is -2.33. The number of amides is 2. The highest BCUT2D eigenvalue weighted by atomic mass is 19.1. The van der Waals surface area contributed by atoms with E-state index in [1.54, 1.807) is 28.6 Å². The van der Waals surface area contributed by atoms with Crippen molar-refractivity contribution in [1.82, 2.24) is 14.8 Å². The predicted octanol–water partition coefficient (Wildman–Crippen LogP) is 2.79. The zero-order valence-electron chi connectivity index (χ0n) is 17.5. The van der Waals surface area contributed by atoms with Crippen LogP contribution in [0, 0.1) is 17.7 Å². The third kappa shape index (κ3) is 4.63. The lowest BCUT2D eigenvalue weighted by molar-refractivity contribution is -0.146. The number of fused-ring (bicyclic) bond motifs is 1. The molecule has 0 spiro atoms. The average molecular weight is 417 g/mol. The number of carboxylic acid groups (broad SMARTS) is 1. The van der Waals surface area contributed by atoms with Crippen LogP contribution in [0.4, 0.5) is 4.39 Å². The number of nitrogens with one attached hydrogen (secondary N) is 1. The standard InChI is InChI=1S/C22H28FN3O4/c1-13(2)10-17(21(28)26-8-6-14(7-9-26)22(29)30)24-20(27)19-12-15-11-16(23)4-5-18(15)25(19)3/h4-5,11-14,17H,6-10H2,1-3H3,(H,24,27)(H,29,30). The van der Waals surface area contributed by atoms with Crippen LogP contribution in [0.1, 0.15) is 43.6 Å². The molecule has 2 amide bonds. The van der Waals surface area contributed by atoms with Crippen molar-refractivity contribution in [3.05, 3.63) is 35.8 Å². The van der Waals surface area contributed by atoms with Gasteiger partial charge in [0.05, 0.1) is 5.92 Å². The number of benzene rings is 1. The number of halogens is 1. The molecule has 2 aromatic rings. The molecule has 1 unspecified atom stereocenters. The van der Waals surface area contributed by atoms with E-state index in [0.29, 0.717) is 43.4 Å². The van der Waals surface area contributed by atoms with Gasteiger partial charge >= 0.3 is 5.97 Å². The Morgan fingerprint density at radius 1 is 1.20 bits per heavy atom. The smallest absolute Gasteiger partial charge is 0.306 e. The minimum Gasteiger partial charge on any atom is -0.481 e. The minimum absolute atomic E-state index is 0.178. The summed E-state index contributed by atoms with van der Waals surface area (Å²) in [5.41, 5.74) is 1.07. The first-order valence-corrected chi connectivity index (χ1v) is 10.2. The zero-order chi connectivity index (χ0) is 22.0. The molecule has 8 heteroatoms. The summed E-state index contributed by atoms with van der Waals surface area (Å²) in [5, 5.41) is 12.6. The molecule has 1 aliphatic rings. The van der Waals surface area contributed by atoms with Crippen LogP contribution in [0.5, 0.6) is 0 Å². The minimum atomic E-state index is -0.832. The Morgan fingerprint density at radius 3 is 2.47 bits per heavy atom. The van der Waals surface area contributed by atoms with E-state index >= 15 is 0 Å². The van der Waals surface area contributed by atoms with Crippen LogP contribution >= 0.6 is 0 Å². The van der Waals surface area contributed by atoms with Gasteiger partial charge in [0, 0.05) is 31.0 Å². The molecular weight excluding hydrogens is 389 g/mol. The summed E-state index contributed by atoms with van der Waals surface area (Å²) in [6, 6.07) is 5.24. The number of likely N-dealkylation sites (tertiary alicyclic amines) is 1. The molecule has 2 heterocycles. The van der Waals surface area contributed by atoms with Gasteiger partial charge in [0.1, 0.15) is 17.6 Å². The average Bonchev–Trinajstić information content (AvgIpc) is 3.02. The van der Waals surface area contributed by atoms with Gasteiger partial charge in [-0.2, -0.15) is 0 Å². The zero-order valence-corrected chi connectivity index (χ0v) is 17.5. The molecule has 30 heavy (non-hydrogen) atoms. The first kappa shape index (κ1) is 21.8. The van der Waals surface area contributed by atoms with Gasteiger partial charge in [-0.15, -0.1) is 0 Å². The first-order chi connectivity index (χ1) is 14.2. The molecule has 7 nitrogen and oxygen atoms in total. The maximum absolute atomic E-state index is 13.5. The number of aryl methyl sites for hydroxylation is 1. The number of rotatable bonds is 6. The second-order valence-corrected chi connectivity index (χ2v) is 8.39. The highest BCUT2D eigenvalue weighted by Crippen LogP contribution is 2.22. The van der Waals surface area contributed by atoms with Crippen LogP contribution in [0.3, 0.4) is 0 Å². The molecule has 162 valence electrons. The van der Waals surface area contributed by atoms with Gasteiger partial charge in [0.15, 0.2) is 0 Å². The molecule has 3 rings (SSSR count). The van der Waals surface area contributed by atoms with Crippen LogP contribution in [-0.4, -0.2) is 51.5 Å². The van der Waals surface area contributed by atoms with E-state index < -0.39 is 23.8 Å². The van der Waals surface area contributed by atoms with Crippen molar-refractivity contribution >= 4 is 28.7 Å². The van der Waals surface area contributed by atoms with Crippen LogP contribution in [0.15, 0.2) is 24.3 Å². The van der Waals surface area contributed by atoms with E-state index in [-0.39, 0.29) is 17.6 Å². The van der Waals surface area contributed by atoms with Gasteiger partial charge in [-0.05, 0) is 49.4 Å². The lowest BCUT2D eigenvalue weighted by Crippen LogP contribution is -2.51. The molecule has 0 aliphatic carbocycles. The van der Waals surface area contributed by atoms with Gasteiger partial charge in [0.25, 0.3) is 5.91 Å². The molecule has 1 aromatic heterocycles. The highest BCUT2D eigenvalue weighted by molar-refractivity contribution is 6.00. The van der Waals surface area contributed by atoms with Crippen LogP contribution in [-0.2, 0) is 16.6 Å². The van der Waals surface area contributed by atoms with Gasteiger partial charge in [0.2, 0.25) is 5.91 Å². The predicted molar refractivity (Wildman–Crippen MR) is 111 cm³/mol. The Hall–Kier alpha value is -2.90. The number of aliphatic carboxylic acids is 1. The first-order valence-electron chi connectivity index (χ1n) is 10.2. The van der Waals surface area contributed by atoms with Crippen molar-refractivity contribution in [2.24, 2.45) is 18.9 Å². The van der Waals surface area contributed by atoms with Crippen molar-refractivity contribution in [2.75, 3.05) is 13.1 Å². The summed E-state index contributed by atoms with van der Waals surface area (Å²) in [7, 11) is 1.73. The molecule has 2 N–H and O–H groups in total. The molecule has 1 atom stereocenters. The summed E-state index contributed by atoms with van der Waals surface area (Å²) in [4.78, 5) is 38.8.